The number of ether oxygens (including phenoxy) is 1. The average molecular weight is 272 g/mol. The van der Waals surface area contributed by atoms with Crippen molar-refractivity contribution in [2.24, 2.45) is 0 Å². The van der Waals surface area contributed by atoms with Gasteiger partial charge in [0.15, 0.2) is 0 Å². The van der Waals surface area contributed by atoms with Gasteiger partial charge in [-0.15, -0.1) is 0 Å². The minimum atomic E-state index is -0.329. The largest absolute Gasteiger partial charge is 0.632 e. The lowest BCUT2D eigenvalue weighted by atomic mass is 9.87. The summed E-state index contributed by atoms with van der Waals surface area (Å²) in [5.41, 5.74) is 1.19. The molecule has 2 heterocycles. The average Bonchev–Trinajstić information content (AvgIpc) is 2.84. The molecule has 1 fully saturated rings. The zero-order chi connectivity index (χ0) is 14.4. The Morgan fingerprint density at radius 1 is 1.35 bits per heavy atom. The third-order valence-electron chi connectivity index (χ3n) is 4.46. The van der Waals surface area contributed by atoms with Crippen molar-refractivity contribution < 1.29 is 9.38 Å². The van der Waals surface area contributed by atoms with Crippen LogP contribution >= 0.6 is 0 Å². The quantitative estimate of drug-likeness (QED) is 0.582. The standard InChI is InChI=1S/C16H20N2O2/c1-16(2)10-14(18(19)7-3-4-8-18)13-9-12(11-17)5-6-15(13)20-16/h5-6,9,14H,3-4,7-8,10H2,1-2H3. The second-order valence-corrected chi connectivity index (χ2v) is 6.55. The number of nitriles is 1. The normalized spacial score (nSPS) is 26.4. The second kappa shape index (κ2) is 4.47. The summed E-state index contributed by atoms with van der Waals surface area (Å²) in [5.74, 6) is 0.769. The third-order valence-corrected chi connectivity index (χ3v) is 4.46. The van der Waals surface area contributed by atoms with Gasteiger partial charge >= 0.3 is 0 Å². The summed E-state index contributed by atoms with van der Waals surface area (Å²) in [4.78, 5) is 0. The van der Waals surface area contributed by atoms with Crippen LogP contribution in [-0.4, -0.2) is 23.3 Å². The fraction of sp³-hybridized carbons (Fsp3) is 0.562. The fourth-order valence-electron chi connectivity index (χ4n) is 3.49. The van der Waals surface area contributed by atoms with Gasteiger partial charge in [0, 0.05) is 19.3 Å². The van der Waals surface area contributed by atoms with Crippen LogP contribution in [0.4, 0.5) is 0 Å². The van der Waals surface area contributed by atoms with E-state index in [4.69, 9.17) is 10.00 Å². The molecule has 1 aromatic rings. The van der Waals surface area contributed by atoms with Crippen molar-refractivity contribution in [2.75, 3.05) is 13.1 Å². The van der Waals surface area contributed by atoms with Gasteiger partial charge in [-0.25, -0.2) is 0 Å². The number of likely N-dealkylation sites (tertiary alicyclic amines) is 1. The first-order valence-electron chi connectivity index (χ1n) is 7.24. The number of quaternary nitrogens is 1. The maximum Gasteiger partial charge on any atom is 0.129 e. The number of hydroxylamine groups is 3. The Kier molecular flexibility index (Phi) is 3.00. The van der Waals surface area contributed by atoms with Gasteiger partial charge in [-0.2, -0.15) is 5.26 Å². The van der Waals surface area contributed by atoms with Crippen molar-refractivity contribution in [3.63, 3.8) is 0 Å². The zero-order valence-electron chi connectivity index (χ0n) is 12.1. The van der Waals surface area contributed by atoms with Crippen molar-refractivity contribution in [3.05, 3.63) is 34.5 Å². The van der Waals surface area contributed by atoms with Gasteiger partial charge in [-0.05, 0) is 32.0 Å². The van der Waals surface area contributed by atoms with E-state index >= 15 is 0 Å². The molecule has 0 saturated carbocycles. The molecule has 0 amide bonds. The second-order valence-electron chi connectivity index (χ2n) is 6.55. The van der Waals surface area contributed by atoms with Crippen LogP contribution in [0.5, 0.6) is 5.75 Å². The molecule has 1 atom stereocenters. The summed E-state index contributed by atoms with van der Waals surface area (Å²) in [6.45, 7) is 5.42. The molecule has 0 aromatic heterocycles. The molecule has 1 unspecified atom stereocenters. The summed E-state index contributed by atoms with van der Waals surface area (Å²) in [6, 6.07) is 7.49. The minimum Gasteiger partial charge on any atom is -0.632 e. The molecule has 0 radical (unpaired) electrons. The van der Waals surface area contributed by atoms with E-state index in [0.29, 0.717) is 25.1 Å². The highest BCUT2D eigenvalue weighted by atomic mass is 16.6. The third kappa shape index (κ3) is 2.17. The van der Waals surface area contributed by atoms with E-state index in [0.717, 1.165) is 24.2 Å². The molecule has 0 N–H and O–H groups in total. The minimum absolute atomic E-state index is 0.107. The topological polar surface area (TPSA) is 56.1 Å². The molecule has 0 aliphatic carbocycles. The summed E-state index contributed by atoms with van der Waals surface area (Å²) in [6.07, 6.45) is 2.70. The lowest BCUT2D eigenvalue weighted by molar-refractivity contribution is -0.901. The van der Waals surface area contributed by atoms with E-state index in [2.05, 4.69) is 6.07 Å². The molecule has 1 saturated heterocycles. The van der Waals surface area contributed by atoms with E-state index in [9.17, 15) is 5.21 Å². The van der Waals surface area contributed by atoms with Gasteiger partial charge in [-0.1, -0.05) is 0 Å². The molecular weight excluding hydrogens is 252 g/mol. The van der Waals surface area contributed by atoms with E-state index in [1.54, 1.807) is 6.07 Å². The number of nitrogens with zero attached hydrogens (tertiary/aromatic N) is 2. The molecule has 4 heteroatoms. The Labute approximate surface area is 119 Å². The SMILES string of the molecule is CC1(C)CC([N+]2([O-])CCCC2)c2cc(C#N)ccc2O1. The van der Waals surface area contributed by atoms with Crippen LogP contribution in [0.1, 0.15) is 50.3 Å². The van der Waals surface area contributed by atoms with Gasteiger partial charge in [0.2, 0.25) is 0 Å². The van der Waals surface area contributed by atoms with Crippen molar-refractivity contribution >= 4 is 0 Å². The number of fused-ring (bicyclic) bond motifs is 1. The molecule has 2 aliphatic rings. The maximum absolute atomic E-state index is 13.1. The molecule has 0 bridgehead atoms. The number of rotatable bonds is 1. The van der Waals surface area contributed by atoms with Crippen LogP contribution in [-0.2, 0) is 0 Å². The lowest BCUT2D eigenvalue weighted by Gasteiger charge is -2.50. The van der Waals surface area contributed by atoms with Crippen molar-refractivity contribution in [2.45, 2.75) is 44.8 Å². The zero-order valence-corrected chi connectivity index (χ0v) is 12.1. The van der Waals surface area contributed by atoms with E-state index in [1.165, 1.54) is 0 Å². The molecule has 0 spiro atoms. The summed E-state index contributed by atoms with van der Waals surface area (Å²) < 4.78 is 5.84. The van der Waals surface area contributed by atoms with Crippen LogP contribution in [0.2, 0.25) is 0 Å². The number of benzene rings is 1. The Balaban J connectivity index is 2.08. The predicted molar refractivity (Wildman–Crippen MR) is 75.8 cm³/mol. The fourth-order valence-corrected chi connectivity index (χ4v) is 3.49. The van der Waals surface area contributed by atoms with Crippen LogP contribution in [0.3, 0.4) is 0 Å². The number of hydrogen-bond acceptors (Lipinski definition) is 3. The molecule has 4 nitrogen and oxygen atoms in total. The molecule has 20 heavy (non-hydrogen) atoms. The Bertz CT molecular complexity index is 568. The van der Waals surface area contributed by atoms with Gasteiger partial charge < -0.3 is 14.6 Å². The summed E-state index contributed by atoms with van der Waals surface area (Å²) in [5, 5.41) is 22.2. The van der Waals surface area contributed by atoms with E-state index in [-0.39, 0.29) is 16.3 Å². The van der Waals surface area contributed by atoms with Crippen LogP contribution < -0.4 is 4.74 Å². The van der Waals surface area contributed by atoms with Crippen LogP contribution in [0, 0.1) is 16.5 Å². The van der Waals surface area contributed by atoms with Crippen molar-refractivity contribution in [1.82, 2.24) is 0 Å². The maximum atomic E-state index is 13.1. The van der Waals surface area contributed by atoms with E-state index < -0.39 is 0 Å². The predicted octanol–water partition coefficient (Wildman–Crippen LogP) is 3.27. The van der Waals surface area contributed by atoms with Gasteiger partial charge in [0.25, 0.3) is 0 Å². The highest BCUT2D eigenvalue weighted by molar-refractivity contribution is 5.45. The highest BCUT2D eigenvalue weighted by Gasteiger charge is 2.43. The van der Waals surface area contributed by atoms with Crippen LogP contribution in [0.15, 0.2) is 18.2 Å². The smallest absolute Gasteiger partial charge is 0.129 e. The van der Waals surface area contributed by atoms with Gasteiger partial charge in [0.1, 0.15) is 17.4 Å². The monoisotopic (exact) mass is 272 g/mol. The number of hydrogen-bond donors (Lipinski definition) is 0. The Morgan fingerprint density at radius 3 is 2.70 bits per heavy atom. The molecule has 106 valence electrons. The Hall–Kier alpha value is -1.57. The first-order valence-corrected chi connectivity index (χ1v) is 7.24. The first-order chi connectivity index (χ1) is 9.43. The Morgan fingerprint density at radius 2 is 2.05 bits per heavy atom. The first kappa shape index (κ1) is 13.4. The van der Waals surface area contributed by atoms with Gasteiger partial charge in [0.05, 0.1) is 30.3 Å². The summed E-state index contributed by atoms with van der Waals surface area (Å²) in [7, 11) is 0. The molecule has 2 aliphatic heterocycles. The van der Waals surface area contributed by atoms with Gasteiger partial charge in [-0.3, -0.25) is 0 Å². The van der Waals surface area contributed by atoms with Crippen molar-refractivity contribution in [1.29, 1.82) is 5.26 Å². The highest BCUT2D eigenvalue weighted by Crippen LogP contribution is 2.47. The molecule has 3 rings (SSSR count). The lowest BCUT2D eigenvalue weighted by Crippen LogP contribution is -2.49. The summed E-state index contributed by atoms with van der Waals surface area (Å²) >= 11 is 0. The van der Waals surface area contributed by atoms with E-state index in [1.807, 2.05) is 26.0 Å². The van der Waals surface area contributed by atoms with Crippen molar-refractivity contribution in [3.8, 4) is 11.8 Å². The van der Waals surface area contributed by atoms with Crippen LogP contribution in [0.25, 0.3) is 0 Å². The molecule has 1 aromatic carbocycles. The molecular formula is C16H20N2O2.